The molecule has 10 heteroatoms. The van der Waals surface area contributed by atoms with Gasteiger partial charge in [-0.3, -0.25) is 14.4 Å². The Morgan fingerprint density at radius 3 is 2.94 bits per heavy atom. The number of ether oxygens (including phenoxy) is 3. The van der Waals surface area contributed by atoms with E-state index in [0.29, 0.717) is 35.5 Å². The number of likely N-dealkylation sites (N-methyl/N-ethyl adjacent to an activating group) is 1. The predicted octanol–water partition coefficient (Wildman–Crippen LogP) is 2.34. The Bertz CT molecular complexity index is 979. The monoisotopic (exact) mass is 445 g/mol. The van der Waals surface area contributed by atoms with Crippen molar-refractivity contribution in [2.24, 2.45) is 0 Å². The first-order valence-corrected chi connectivity index (χ1v) is 10.9. The van der Waals surface area contributed by atoms with E-state index in [-0.39, 0.29) is 49.1 Å². The number of aromatic nitrogens is 1. The molecular weight excluding hydrogens is 422 g/mol. The topological polar surface area (TPSA) is 107 Å². The summed E-state index contributed by atoms with van der Waals surface area (Å²) in [6, 6.07) is 4.77. The molecule has 9 nitrogen and oxygen atoms in total. The van der Waals surface area contributed by atoms with E-state index in [4.69, 9.17) is 14.2 Å². The minimum atomic E-state index is -0.352. The van der Waals surface area contributed by atoms with Gasteiger partial charge >= 0.3 is 5.97 Å². The number of carbonyl (C=O) groups is 3. The zero-order valence-corrected chi connectivity index (χ0v) is 18.0. The number of thiazole rings is 1. The molecule has 1 saturated heterocycles. The fraction of sp³-hybridized carbons (Fsp3) is 0.429. The second-order valence-electron chi connectivity index (χ2n) is 7.49. The molecule has 31 heavy (non-hydrogen) atoms. The average Bonchev–Trinajstić information content (AvgIpc) is 3.32. The van der Waals surface area contributed by atoms with Crippen molar-refractivity contribution in [3.8, 4) is 5.75 Å². The van der Waals surface area contributed by atoms with Gasteiger partial charge in [0, 0.05) is 18.1 Å². The lowest BCUT2D eigenvalue weighted by atomic mass is 9.94. The number of nitrogens with one attached hydrogen (secondary N) is 1. The fourth-order valence-electron chi connectivity index (χ4n) is 3.89. The van der Waals surface area contributed by atoms with Crippen LogP contribution in [0.5, 0.6) is 5.75 Å². The highest BCUT2D eigenvalue weighted by molar-refractivity contribution is 7.07. The summed E-state index contributed by atoms with van der Waals surface area (Å²) >= 11 is 1.33. The molecule has 3 heterocycles. The first kappa shape index (κ1) is 21.3. The van der Waals surface area contributed by atoms with Gasteiger partial charge in [-0.2, -0.15) is 0 Å². The van der Waals surface area contributed by atoms with Crippen molar-refractivity contribution in [3.05, 3.63) is 40.3 Å². The number of methoxy groups -OCH3 is 1. The van der Waals surface area contributed by atoms with Crippen molar-refractivity contribution in [1.29, 1.82) is 0 Å². The van der Waals surface area contributed by atoms with E-state index in [9.17, 15) is 14.4 Å². The highest BCUT2D eigenvalue weighted by atomic mass is 32.1. The highest BCUT2D eigenvalue weighted by Gasteiger charge is 2.39. The molecule has 0 radical (unpaired) electrons. The third-order valence-corrected chi connectivity index (χ3v) is 6.14. The summed E-state index contributed by atoms with van der Waals surface area (Å²) < 4.78 is 16.7. The molecule has 2 aliphatic rings. The molecule has 1 aromatic heterocycles. The molecular formula is C21H23N3O6S. The number of benzene rings is 1. The maximum atomic E-state index is 13.2. The van der Waals surface area contributed by atoms with Crippen molar-refractivity contribution in [3.63, 3.8) is 0 Å². The molecule has 0 bridgehead atoms. The van der Waals surface area contributed by atoms with Gasteiger partial charge in [-0.1, -0.05) is 0 Å². The Hall–Kier alpha value is -2.98. The van der Waals surface area contributed by atoms with Gasteiger partial charge in [-0.25, -0.2) is 4.98 Å². The number of amides is 2. The van der Waals surface area contributed by atoms with E-state index >= 15 is 0 Å². The van der Waals surface area contributed by atoms with Crippen LogP contribution in [0.25, 0.3) is 0 Å². The highest BCUT2D eigenvalue weighted by Crippen LogP contribution is 2.32. The summed E-state index contributed by atoms with van der Waals surface area (Å²) in [4.78, 5) is 42.7. The minimum Gasteiger partial charge on any atom is -0.490 e. The second-order valence-corrected chi connectivity index (χ2v) is 8.21. The predicted molar refractivity (Wildman–Crippen MR) is 112 cm³/mol. The van der Waals surface area contributed by atoms with E-state index in [1.54, 1.807) is 41.0 Å². The number of esters is 1. The maximum absolute atomic E-state index is 13.2. The van der Waals surface area contributed by atoms with Crippen LogP contribution in [0.2, 0.25) is 0 Å². The molecule has 1 N–H and O–H groups in total. The Morgan fingerprint density at radius 2 is 2.19 bits per heavy atom. The molecule has 2 aliphatic heterocycles. The molecule has 4 rings (SSSR count). The average molecular weight is 445 g/mol. The Labute approximate surface area is 183 Å². The van der Waals surface area contributed by atoms with Crippen LogP contribution in [-0.4, -0.2) is 66.7 Å². The summed E-state index contributed by atoms with van der Waals surface area (Å²) in [5.41, 5.74) is 2.76. The molecule has 164 valence electrons. The van der Waals surface area contributed by atoms with Gasteiger partial charge in [0.15, 0.2) is 0 Å². The second kappa shape index (κ2) is 9.03. The number of hydrogen-bond donors (Lipinski definition) is 1. The van der Waals surface area contributed by atoms with Crippen LogP contribution >= 0.6 is 11.3 Å². The van der Waals surface area contributed by atoms with Crippen molar-refractivity contribution in [2.45, 2.75) is 37.5 Å². The number of fused-ring (bicyclic) bond motifs is 2. The van der Waals surface area contributed by atoms with Gasteiger partial charge in [0.1, 0.15) is 24.2 Å². The van der Waals surface area contributed by atoms with Crippen molar-refractivity contribution in [1.82, 2.24) is 9.88 Å². The molecule has 0 unspecified atom stereocenters. The van der Waals surface area contributed by atoms with Gasteiger partial charge in [0.2, 0.25) is 0 Å². The molecule has 2 amide bonds. The molecule has 1 aromatic carbocycles. The minimum absolute atomic E-state index is 0.177. The van der Waals surface area contributed by atoms with E-state index in [1.807, 2.05) is 0 Å². The Kier molecular flexibility index (Phi) is 6.19. The van der Waals surface area contributed by atoms with Gasteiger partial charge in [-0.05, 0) is 31.0 Å². The first-order valence-electron chi connectivity index (χ1n) is 9.92. The summed E-state index contributed by atoms with van der Waals surface area (Å²) in [5, 5.41) is 4.42. The van der Waals surface area contributed by atoms with Gasteiger partial charge in [0.25, 0.3) is 11.8 Å². The number of hydrogen-bond acceptors (Lipinski definition) is 8. The van der Waals surface area contributed by atoms with Crippen LogP contribution in [0.1, 0.15) is 40.1 Å². The fourth-order valence-corrected chi connectivity index (χ4v) is 4.43. The van der Waals surface area contributed by atoms with Crippen LogP contribution in [-0.2, 0) is 14.3 Å². The van der Waals surface area contributed by atoms with E-state index in [0.717, 1.165) is 0 Å². The van der Waals surface area contributed by atoms with Gasteiger partial charge in [-0.15, -0.1) is 11.3 Å². The summed E-state index contributed by atoms with van der Waals surface area (Å²) in [6.07, 6.45) is 0.895. The lowest BCUT2D eigenvalue weighted by Gasteiger charge is -2.42. The van der Waals surface area contributed by atoms with Crippen molar-refractivity contribution < 1.29 is 28.6 Å². The summed E-state index contributed by atoms with van der Waals surface area (Å²) in [7, 11) is 3.09. The van der Waals surface area contributed by atoms with Crippen molar-refractivity contribution >= 4 is 34.8 Å². The Morgan fingerprint density at radius 1 is 1.35 bits per heavy atom. The normalized spacial score (nSPS) is 23.0. The lowest BCUT2D eigenvalue weighted by Crippen LogP contribution is -2.53. The van der Waals surface area contributed by atoms with Crippen LogP contribution in [0.3, 0.4) is 0 Å². The largest absolute Gasteiger partial charge is 0.490 e. The van der Waals surface area contributed by atoms with Crippen LogP contribution in [0.4, 0.5) is 5.69 Å². The maximum Gasteiger partial charge on any atom is 0.308 e. The number of anilines is 1. The Balaban J connectivity index is 1.52. The number of nitrogens with zero attached hydrogens (tertiary/aromatic N) is 2. The molecule has 3 atom stereocenters. The van der Waals surface area contributed by atoms with Crippen LogP contribution in [0, 0.1) is 0 Å². The third-order valence-electron chi connectivity index (χ3n) is 5.56. The smallest absolute Gasteiger partial charge is 0.308 e. The lowest BCUT2D eigenvalue weighted by molar-refractivity contribution is -0.151. The van der Waals surface area contributed by atoms with Gasteiger partial charge in [0.05, 0.1) is 36.8 Å². The first-order chi connectivity index (χ1) is 15.0. The number of carbonyl (C=O) groups excluding carboxylic acids is 3. The SMILES string of the molecule is COC(=O)C[C@@H]1CC[C@@H]2[C@H](COc3ccc(NC(=O)c4cscn4)cc3C(=O)N2C)O1. The van der Waals surface area contributed by atoms with E-state index < -0.39 is 0 Å². The summed E-state index contributed by atoms with van der Waals surface area (Å²) in [5.74, 6) is -0.464. The quantitative estimate of drug-likeness (QED) is 0.720. The molecule has 2 aromatic rings. The van der Waals surface area contributed by atoms with E-state index in [2.05, 4.69) is 10.3 Å². The zero-order valence-electron chi connectivity index (χ0n) is 17.2. The molecule has 0 aliphatic carbocycles. The van der Waals surface area contributed by atoms with Gasteiger partial charge < -0.3 is 24.4 Å². The van der Waals surface area contributed by atoms with Crippen LogP contribution < -0.4 is 10.1 Å². The molecule has 0 spiro atoms. The summed E-state index contributed by atoms with van der Waals surface area (Å²) in [6.45, 7) is 0.248. The van der Waals surface area contributed by atoms with Crippen molar-refractivity contribution in [2.75, 3.05) is 26.1 Å². The van der Waals surface area contributed by atoms with Crippen LogP contribution in [0.15, 0.2) is 29.1 Å². The van der Waals surface area contributed by atoms with E-state index in [1.165, 1.54) is 18.4 Å². The standard InChI is InChI=1S/C21H23N3O6S/c1-24-16-5-4-13(8-19(25)28-2)30-18(16)9-29-17-6-3-12(7-14(17)21(24)27)23-20(26)15-10-31-11-22-15/h3,6-7,10-11,13,16,18H,4-5,8-9H2,1-2H3,(H,23,26)/t13-,16+,18-/m0/s1. The third kappa shape index (κ3) is 4.54. The molecule has 1 fully saturated rings. The zero-order chi connectivity index (χ0) is 22.0. The number of rotatable bonds is 4. The molecule has 0 saturated carbocycles.